The van der Waals surface area contributed by atoms with Gasteiger partial charge in [-0.3, -0.25) is 9.59 Å². The molecule has 0 amide bonds. The molecule has 0 fully saturated rings. The predicted molar refractivity (Wildman–Crippen MR) is 260 cm³/mol. The number of esters is 2. The van der Waals surface area contributed by atoms with E-state index in [1.807, 2.05) is 0 Å². The van der Waals surface area contributed by atoms with Gasteiger partial charge in [0.2, 0.25) is 0 Å². The van der Waals surface area contributed by atoms with Gasteiger partial charge in [0.25, 0.3) is 0 Å². The molecule has 5 nitrogen and oxygen atoms in total. The lowest BCUT2D eigenvalue weighted by Crippen LogP contribution is -2.30. The molecule has 0 radical (unpaired) electrons. The van der Waals surface area contributed by atoms with Crippen molar-refractivity contribution >= 4 is 11.9 Å². The van der Waals surface area contributed by atoms with Gasteiger partial charge in [-0.15, -0.1) is 0 Å². The molecule has 0 heterocycles. The molecule has 0 rings (SSSR count). The lowest BCUT2D eigenvalue weighted by Gasteiger charge is -2.18. The smallest absolute Gasteiger partial charge is 0.306 e. The maximum Gasteiger partial charge on any atom is 0.306 e. The molecular weight excluding hydrogens is 741 g/mol. The quantitative estimate of drug-likeness (QED) is 0.0348. The number of rotatable bonds is 44. The van der Waals surface area contributed by atoms with Crippen LogP contribution in [0.4, 0.5) is 0 Å². The summed E-state index contributed by atoms with van der Waals surface area (Å²) in [6.45, 7) is 7.51. The van der Waals surface area contributed by atoms with Gasteiger partial charge in [-0.2, -0.15) is 0 Å². The SMILES string of the molecule is CC/C=C\C/C=C\C/C=C\C/C=C\C/C=C\CCCCCC(=O)OCC(COCCCCCCCCCC/C=C\C/C=C\C/C=C\CC)OC(=O)CCCCCCCCC. The number of unbranched alkanes of at least 4 members (excludes halogenated alkanes) is 17. The van der Waals surface area contributed by atoms with Crippen molar-refractivity contribution in [3.8, 4) is 0 Å². The van der Waals surface area contributed by atoms with Crippen LogP contribution in [-0.4, -0.2) is 37.9 Å². The molecule has 0 aliphatic rings. The normalized spacial score (nSPS) is 13.1. The highest BCUT2D eigenvalue weighted by atomic mass is 16.6. The molecule has 0 saturated carbocycles. The highest BCUT2D eigenvalue weighted by Gasteiger charge is 2.17. The molecule has 1 unspecified atom stereocenters. The van der Waals surface area contributed by atoms with E-state index in [4.69, 9.17) is 14.2 Å². The van der Waals surface area contributed by atoms with E-state index in [0.29, 0.717) is 19.4 Å². The minimum Gasteiger partial charge on any atom is -0.462 e. The summed E-state index contributed by atoms with van der Waals surface area (Å²) in [5.74, 6) is -0.448. The van der Waals surface area contributed by atoms with Crippen molar-refractivity contribution in [2.24, 2.45) is 0 Å². The Morgan fingerprint density at radius 3 is 1.22 bits per heavy atom. The first kappa shape index (κ1) is 56.8. The summed E-state index contributed by atoms with van der Waals surface area (Å²) in [6.07, 6.45) is 67.1. The second-order valence-corrected chi connectivity index (χ2v) is 16.0. The summed E-state index contributed by atoms with van der Waals surface area (Å²) in [5.41, 5.74) is 0. The molecule has 60 heavy (non-hydrogen) atoms. The average Bonchev–Trinajstić information content (AvgIpc) is 3.25. The van der Waals surface area contributed by atoms with E-state index in [-0.39, 0.29) is 25.2 Å². The van der Waals surface area contributed by atoms with Crippen LogP contribution in [0, 0.1) is 0 Å². The Kier molecular flexibility index (Phi) is 47.5. The Morgan fingerprint density at radius 1 is 0.383 bits per heavy atom. The fourth-order valence-corrected chi connectivity index (χ4v) is 6.49. The largest absolute Gasteiger partial charge is 0.462 e. The zero-order chi connectivity index (χ0) is 43.5. The number of hydrogen-bond donors (Lipinski definition) is 0. The summed E-state index contributed by atoms with van der Waals surface area (Å²) >= 11 is 0. The number of carbonyl (C=O) groups is 2. The van der Waals surface area contributed by atoms with Gasteiger partial charge in [-0.05, 0) is 96.3 Å². The first-order valence-electron chi connectivity index (χ1n) is 24.8. The monoisotopic (exact) mass is 833 g/mol. The summed E-state index contributed by atoms with van der Waals surface area (Å²) in [5, 5.41) is 0. The maximum absolute atomic E-state index is 12.7. The molecule has 0 bridgehead atoms. The third kappa shape index (κ3) is 47.5. The van der Waals surface area contributed by atoms with Crippen molar-refractivity contribution in [2.45, 2.75) is 219 Å². The minimum absolute atomic E-state index is 0.0609. The molecule has 0 aromatic rings. The van der Waals surface area contributed by atoms with Gasteiger partial charge in [0, 0.05) is 19.4 Å². The number of carbonyl (C=O) groups excluding carboxylic acids is 2. The first-order valence-corrected chi connectivity index (χ1v) is 24.8. The molecule has 0 spiro atoms. The van der Waals surface area contributed by atoms with Crippen LogP contribution in [0.25, 0.3) is 0 Å². The van der Waals surface area contributed by atoms with Gasteiger partial charge in [-0.25, -0.2) is 0 Å². The van der Waals surface area contributed by atoms with Crippen LogP contribution in [0.15, 0.2) is 97.2 Å². The van der Waals surface area contributed by atoms with E-state index >= 15 is 0 Å². The molecule has 0 aliphatic heterocycles. The van der Waals surface area contributed by atoms with Crippen molar-refractivity contribution in [3.63, 3.8) is 0 Å². The molecule has 5 heteroatoms. The fourth-order valence-electron chi connectivity index (χ4n) is 6.49. The Labute approximate surface area is 371 Å². The second-order valence-electron chi connectivity index (χ2n) is 16.0. The zero-order valence-corrected chi connectivity index (χ0v) is 39.2. The summed E-state index contributed by atoms with van der Waals surface area (Å²) in [7, 11) is 0. The van der Waals surface area contributed by atoms with Gasteiger partial charge >= 0.3 is 11.9 Å². The molecule has 0 aliphatic carbocycles. The lowest BCUT2D eigenvalue weighted by molar-refractivity contribution is -0.163. The summed E-state index contributed by atoms with van der Waals surface area (Å²) in [6, 6.07) is 0. The molecule has 342 valence electrons. The number of hydrogen-bond acceptors (Lipinski definition) is 5. The van der Waals surface area contributed by atoms with Crippen LogP contribution < -0.4 is 0 Å². The van der Waals surface area contributed by atoms with E-state index in [1.54, 1.807) is 0 Å². The molecular formula is C55H92O5. The third-order valence-corrected chi connectivity index (χ3v) is 10.1. The van der Waals surface area contributed by atoms with E-state index in [0.717, 1.165) is 109 Å². The van der Waals surface area contributed by atoms with Crippen molar-refractivity contribution in [2.75, 3.05) is 19.8 Å². The third-order valence-electron chi connectivity index (χ3n) is 10.1. The Balaban J connectivity index is 4.21. The average molecular weight is 833 g/mol. The zero-order valence-electron chi connectivity index (χ0n) is 39.2. The predicted octanol–water partition coefficient (Wildman–Crippen LogP) is 16.7. The second kappa shape index (κ2) is 50.2. The Bertz CT molecular complexity index is 1170. The van der Waals surface area contributed by atoms with Crippen LogP contribution in [0.5, 0.6) is 0 Å². The molecule has 0 saturated heterocycles. The van der Waals surface area contributed by atoms with E-state index in [1.165, 1.54) is 70.6 Å². The van der Waals surface area contributed by atoms with Crippen molar-refractivity contribution in [3.05, 3.63) is 97.2 Å². The van der Waals surface area contributed by atoms with Crippen LogP contribution in [0.3, 0.4) is 0 Å². The highest BCUT2D eigenvalue weighted by molar-refractivity contribution is 5.70. The van der Waals surface area contributed by atoms with E-state index in [2.05, 4.69) is 118 Å². The number of ether oxygens (including phenoxy) is 3. The molecule has 0 N–H and O–H groups in total. The summed E-state index contributed by atoms with van der Waals surface area (Å²) in [4.78, 5) is 25.2. The van der Waals surface area contributed by atoms with E-state index < -0.39 is 6.10 Å². The van der Waals surface area contributed by atoms with Crippen molar-refractivity contribution in [1.82, 2.24) is 0 Å². The van der Waals surface area contributed by atoms with Gasteiger partial charge in [-0.1, -0.05) is 201 Å². The topological polar surface area (TPSA) is 61.8 Å². The molecule has 1 atom stereocenters. The van der Waals surface area contributed by atoms with E-state index in [9.17, 15) is 9.59 Å². The van der Waals surface area contributed by atoms with Gasteiger partial charge in [0.15, 0.2) is 6.10 Å². The van der Waals surface area contributed by atoms with Crippen molar-refractivity contribution < 1.29 is 23.8 Å². The van der Waals surface area contributed by atoms with Gasteiger partial charge < -0.3 is 14.2 Å². The number of allylic oxidation sites excluding steroid dienone is 16. The highest BCUT2D eigenvalue weighted by Crippen LogP contribution is 2.13. The lowest BCUT2D eigenvalue weighted by atomic mass is 10.1. The standard InChI is InChI=1S/C55H92O5/c1-4-7-10-13-16-18-20-22-24-26-28-29-31-33-35-37-40-42-45-48-54(56)59-52-53(60-55(57)49-46-43-39-15-12-9-6-3)51-58-50-47-44-41-38-36-34-32-30-27-25-23-21-19-17-14-11-8-5-2/h7-8,10-11,16-19,22-25,28-29,33,35,53H,4-6,9,12-15,20-21,26-27,30-32,34,36-52H2,1-3H3/b10-7-,11-8-,18-16-,19-17-,24-22-,25-23-,29-28-,35-33-. The van der Waals surface area contributed by atoms with Crippen LogP contribution in [0.2, 0.25) is 0 Å². The Morgan fingerprint density at radius 2 is 0.750 bits per heavy atom. The maximum atomic E-state index is 12.7. The summed E-state index contributed by atoms with van der Waals surface area (Å²) < 4.78 is 17.3. The van der Waals surface area contributed by atoms with Crippen molar-refractivity contribution in [1.29, 1.82) is 0 Å². The fraction of sp³-hybridized carbons (Fsp3) is 0.673. The van der Waals surface area contributed by atoms with Crippen LogP contribution in [0.1, 0.15) is 213 Å². The van der Waals surface area contributed by atoms with Crippen LogP contribution in [-0.2, 0) is 23.8 Å². The molecule has 0 aromatic heterocycles. The minimum atomic E-state index is -0.555. The first-order chi connectivity index (χ1) is 29.6. The Hall–Kier alpha value is -3.18. The molecule has 0 aromatic carbocycles. The van der Waals surface area contributed by atoms with Crippen LogP contribution >= 0.6 is 0 Å². The van der Waals surface area contributed by atoms with Gasteiger partial charge in [0.1, 0.15) is 6.61 Å². The van der Waals surface area contributed by atoms with Gasteiger partial charge in [0.05, 0.1) is 6.61 Å².